The number of halogens is 2. The van der Waals surface area contributed by atoms with Crippen molar-refractivity contribution in [3.05, 3.63) is 203 Å². The molecule has 7 aromatic carbocycles. The third-order valence-corrected chi connectivity index (χ3v) is 8.43. The summed E-state index contributed by atoms with van der Waals surface area (Å²) in [6, 6.07) is 51.4. The van der Waals surface area contributed by atoms with E-state index in [-0.39, 0.29) is 11.3 Å². The zero-order valence-electron chi connectivity index (χ0n) is 26.0. The minimum atomic E-state index is -1.02. The molecule has 0 aliphatic rings. The molecule has 0 saturated heterocycles. The number of esters is 1. The molecule has 0 aliphatic carbocycles. The molecule has 4 nitrogen and oxygen atoms in total. The summed E-state index contributed by atoms with van der Waals surface area (Å²) in [6.45, 7) is 0. The van der Waals surface area contributed by atoms with Crippen LogP contribution in [0.3, 0.4) is 0 Å². The van der Waals surface area contributed by atoms with E-state index in [0.29, 0.717) is 16.9 Å². The molecule has 0 fully saturated rings. The van der Waals surface area contributed by atoms with Gasteiger partial charge >= 0.3 is 5.97 Å². The summed E-state index contributed by atoms with van der Waals surface area (Å²) in [7, 11) is 0. The van der Waals surface area contributed by atoms with Crippen molar-refractivity contribution in [1.29, 1.82) is 5.26 Å². The lowest BCUT2D eigenvalue weighted by Crippen LogP contribution is -2.36. The monoisotopic (exact) mass is 643 g/mol. The maximum Gasteiger partial charge on any atom is 0.343 e. The van der Waals surface area contributed by atoms with Crippen molar-refractivity contribution >= 4 is 16.7 Å². The fourth-order valence-electron chi connectivity index (χ4n) is 5.99. The molecule has 7 rings (SSSR count). The third kappa shape index (κ3) is 6.14. The molecule has 7 aromatic rings. The van der Waals surface area contributed by atoms with Gasteiger partial charge in [-0.05, 0) is 76.5 Å². The van der Waals surface area contributed by atoms with Gasteiger partial charge in [-0.1, -0.05) is 109 Å². The molecule has 0 amide bonds. The van der Waals surface area contributed by atoms with Gasteiger partial charge in [0.2, 0.25) is 0 Å². The number of rotatable bonds is 8. The first-order chi connectivity index (χ1) is 23.9. The Hall–Kier alpha value is -6.58. The first-order valence-corrected chi connectivity index (χ1v) is 15.6. The highest BCUT2D eigenvalue weighted by molar-refractivity contribution is 5.91. The summed E-state index contributed by atoms with van der Waals surface area (Å²) in [5, 5.41) is 11.1. The number of fused-ring (bicyclic) bond motifs is 1. The Labute approximate surface area is 282 Å². The number of nitrogens with zero attached hydrogens (tertiary/aromatic N) is 1. The van der Waals surface area contributed by atoms with Gasteiger partial charge in [0.05, 0.1) is 5.56 Å². The van der Waals surface area contributed by atoms with Crippen LogP contribution in [0.5, 0.6) is 11.5 Å². The fourth-order valence-corrected chi connectivity index (χ4v) is 5.99. The average Bonchev–Trinajstić information content (AvgIpc) is 3.15. The molecule has 0 heterocycles. The molecule has 0 radical (unpaired) electrons. The van der Waals surface area contributed by atoms with E-state index in [2.05, 4.69) is 30.3 Å². The highest BCUT2D eigenvalue weighted by Gasteiger charge is 2.39. The first-order valence-electron chi connectivity index (χ1n) is 15.6. The average molecular weight is 644 g/mol. The van der Waals surface area contributed by atoms with Crippen molar-refractivity contribution in [3.8, 4) is 28.7 Å². The van der Waals surface area contributed by atoms with Gasteiger partial charge in [-0.2, -0.15) is 5.26 Å². The topological polar surface area (TPSA) is 59.3 Å². The second kappa shape index (κ2) is 13.3. The summed E-state index contributed by atoms with van der Waals surface area (Å²) in [5.74, 6) is -1.66. The summed E-state index contributed by atoms with van der Waals surface area (Å²) >= 11 is 0. The van der Waals surface area contributed by atoms with Crippen LogP contribution in [0.2, 0.25) is 0 Å². The van der Waals surface area contributed by atoms with E-state index in [4.69, 9.17) is 14.7 Å². The van der Waals surface area contributed by atoms with E-state index in [0.717, 1.165) is 39.6 Å². The number of nitriles is 1. The van der Waals surface area contributed by atoms with Gasteiger partial charge in [-0.15, -0.1) is 0 Å². The van der Waals surface area contributed by atoms with E-state index < -0.39 is 28.8 Å². The quantitative estimate of drug-likeness (QED) is 0.0940. The predicted octanol–water partition coefficient (Wildman–Crippen LogP) is 10.2. The van der Waals surface area contributed by atoms with Crippen LogP contribution in [-0.2, 0) is 5.60 Å². The molecular formula is C43H27F2NO3. The van der Waals surface area contributed by atoms with Crippen LogP contribution in [0.15, 0.2) is 164 Å². The van der Waals surface area contributed by atoms with Gasteiger partial charge in [-0.25, -0.2) is 13.6 Å². The summed E-state index contributed by atoms with van der Waals surface area (Å²) in [6.07, 6.45) is 0. The number of hydrogen-bond donors (Lipinski definition) is 0. The maximum atomic E-state index is 14.1. The maximum absolute atomic E-state index is 14.1. The largest absolute Gasteiger partial charge is 0.473 e. The van der Waals surface area contributed by atoms with Crippen molar-refractivity contribution in [1.82, 2.24) is 0 Å². The second-order valence-corrected chi connectivity index (χ2v) is 11.4. The Kier molecular flexibility index (Phi) is 8.40. The predicted molar refractivity (Wildman–Crippen MR) is 185 cm³/mol. The lowest BCUT2D eigenvalue weighted by Gasteiger charge is -2.36. The van der Waals surface area contributed by atoms with E-state index >= 15 is 0 Å². The van der Waals surface area contributed by atoms with Crippen molar-refractivity contribution in [2.24, 2.45) is 0 Å². The van der Waals surface area contributed by atoms with Crippen LogP contribution in [0.1, 0.15) is 32.6 Å². The minimum absolute atomic E-state index is 0.257. The molecule has 0 unspecified atom stereocenters. The lowest BCUT2D eigenvalue weighted by molar-refractivity contribution is 0.0734. The van der Waals surface area contributed by atoms with Crippen LogP contribution < -0.4 is 9.47 Å². The molecule has 0 aromatic heterocycles. The van der Waals surface area contributed by atoms with Gasteiger partial charge in [0.1, 0.15) is 34.8 Å². The Morgan fingerprint density at radius 2 is 1.10 bits per heavy atom. The summed E-state index contributed by atoms with van der Waals surface area (Å²) in [4.78, 5) is 13.1. The third-order valence-electron chi connectivity index (χ3n) is 8.43. The van der Waals surface area contributed by atoms with Gasteiger partial charge in [0.25, 0.3) is 0 Å². The molecule has 0 atom stereocenters. The molecular weight excluding hydrogens is 616 g/mol. The van der Waals surface area contributed by atoms with Crippen molar-refractivity contribution in [2.75, 3.05) is 0 Å². The zero-order valence-corrected chi connectivity index (χ0v) is 26.0. The van der Waals surface area contributed by atoms with Gasteiger partial charge < -0.3 is 9.47 Å². The standard InChI is InChI=1S/C43H27F2NO3/c44-40-26-33(27-41(45)39(40)28-46)30-16-21-37(22-17-30)48-42(47)31-18-23-38(24-19-31)49-43(34-11-3-1-4-12-34,35-13-5-2-6-14-35)36-20-15-29-9-7-8-10-32(29)25-36/h1-27H. The van der Waals surface area contributed by atoms with Crippen LogP contribution in [0.4, 0.5) is 8.78 Å². The fraction of sp³-hybridized carbons (Fsp3) is 0.0233. The number of hydrogen-bond acceptors (Lipinski definition) is 4. The SMILES string of the molecule is N#Cc1c(F)cc(-c2ccc(OC(=O)c3ccc(OC(c4ccccc4)(c4ccccc4)c4ccc5ccccc5c4)cc3)cc2)cc1F. The van der Waals surface area contributed by atoms with Crippen LogP contribution in [0, 0.1) is 23.0 Å². The smallest absolute Gasteiger partial charge is 0.343 e. The van der Waals surface area contributed by atoms with E-state index in [1.807, 2.05) is 72.8 Å². The highest BCUT2D eigenvalue weighted by atomic mass is 19.1. The lowest BCUT2D eigenvalue weighted by atomic mass is 9.79. The molecule has 0 aliphatic heterocycles. The number of ether oxygens (including phenoxy) is 2. The normalized spacial score (nSPS) is 11.1. The minimum Gasteiger partial charge on any atom is -0.473 e. The molecule has 0 saturated carbocycles. The van der Waals surface area contributed by atoms with Gasteiger partial charge in [-0.3, -0.25) is 0 Å². The van der Waals surface area contributed by atoms with Gasteiger partial charge in [0, 0.05) is 16.7 Å². The zero-order chi connectivity index (χ0) is 33.8. The van der Waals surface area contributed by atoms with E-state index in [1.54, 1.807) is 36.4 Å². The highest BCUT2D eigenvalue weighted by Crippen LogP contribution is 2.42. The van der Waals surface area contributed by atoms with Crippen molar-refractivity contribution in [3.63, 3.8) is 0 Å². The Balaban J connectivity index is 1.18. The first kappa shape index (κ1) is 31.0. The van der Waals surface area contributed by atoms with Crippen LogP contribution in [0.25, 0.3) is 21.9 Å². The molecule has 0 spiro atoms. The van der Waals surface area contributed by atoms with Crippen LogP contribution in [-0.4, -0.2) is 5.97 Å². The molecule has 6 heteroatoms. The molecule has 49 heavy (non-hydrogen) atoms. The Bertz CT molecular complexity index is 2250. The number of carbonyl (C=O) groups excluding carboxylic acids is 1. The van der Waals surface area contributed by atoms with Crippen LogP contribution >= 0.6 is 0 Å². The summed E-state index contributed by atoms with van der Waals surface area (Å²) in [5.41, 5.74) is 2.24. The summed E-state index contributed by atoms with van der Waals surface area (Å²) < 4.78 is 40.9. The van der Waals surface area contributed by atoms with Gasteiger partial charge in [0.15, 0.2) is 5.60 Å². The number of carbonyl (C=O) groups is 1. The molecule has 236 valence electrons. The Morgan fingerprint density at radius 1 is 0.551 bits per heavy atom. The van der Waals surface area contributed by atoms with E-state index in [1.165, 1.54) is 18.2 Å². The van der Waals surface area contributed by atoms with Crippen molar-refractivity contribution < 1.29 is 23.0 Å². The van der Waals surface area contributed by atoms with E-state index in [9.17, 15) is 13.6 Å². The Morgan fingerprint density at radius 3 is 1.69 bits per heavy atom. The van der Waals surface area contributed by atoms with Crippen molar-refractivity contribution in [2.45, 2.75) is 5.60 Å². The number of benzene rings is 7. The second-order valence-electron chi connectivity index (χ2n) is 11.4. The molecule has 0 bridgehead atoms. The molecule has 0 N–H and O–H groups in total.